The van der Waals surface area contributed by atoms with Gasteiger partial charge in [-0.05, 0) is 25.6 Å². The van der Waals surface area contributed by atoms with E-state index in [0.29, 0.717) is 6.42 Å². The molecule has 0 aliphatic carbocycles. The summed E-state index contributed by atoms with van der Waals surface area (Å²) in [6, 6.07) is 1.94. The summed E-state index contributed by atoms with van der Waals surface area (Å²) in [7, 11) is -2.49. The van der Waals surface area contributed by atoms with E-state index in [1.54, 1.807) is 0 Å². The van der Waals surface area contributed by atoms with Crippen LogP contribution in [-0.4, -0.2) is 32.9 Å². The highest BCUT2D eigenvalue weighted by atomic mass is 32.2. The van der Waals surface area contributed by atoms with Gasteiger partial charge in [0.25, 0.3) is 0 Å². The normalized spacial score (nSPS) is 11.9. The Morgan fingerprint density at radius 3 is 2.57 bits per heavy atom. The molecule has 0 fully saturated rings. The van der Waals surface area contributed by atoms with Crippen molar-refractivity contribution in [2.24, 2.45) is 0 Å². The van der Waals surface area contributed by atoms with Crippen molar-refractivity contribution in [2.45, 2.75) is 24.8 Å². The number of nitrogens with one attached hydrogen (secondary N) is 1. The topological polar surface area (TPSA) is 49.4 Å². The van der Waals surface area contributed by atoms with Crippen LogP contribution in [0.25, 0.3) is 0 Å². The summed E-state index contributed by atoms with van der Waals surface area (Å²) in [6.45, 7) is 5.56. The number of sulfonamides is 1. The van der Waals surface area contributed by atoms with E-state index in [1.807, 2.05) is 6.92 Å². The van der Waals surface area contributed by atoms with E-state index in [1.165, 1.54) is 13.1 Å². The molecule has 0 spiro atoms. The first kappa shape index (κ1) is 17.7. The molecule has 0 bridgehead atoms. The second-order valence-electron chi connectivity index (χ2n) is 4.52. The number of hydrogen-bond donors (Lipinski definition) is 1. The van der Waals surface area contributed by atoms with Crippen molar-refractivity contribution in [3.63, 3.8) is 0 Å². The fourth-order valence-corrected chi connectivity index (χ4v) is 3.55. The molecular weight excluding hydrogens is 298 g/mol. The van der Waals surface area contributed by atoms with E-state index in [9.17, 15) is 17.2 Å². The molecule has 0 aliphatic rings. The minimum absolute atomic E-state index is 0.0777. The van der Waals surface area contributed by atoms with E-state index in [2.05, 4.69) is 11.9 Å². The van der Waals surface area contributed by atoms with Crippen LogP contribution in [0.15, 0.2) is 29.7 Å². The average molecular weight is 318 g/mol. The summed E-state index contributed by atoms with van der Waals surface area (Å²) >= 11 is 0. The van der Waals surface area contributed by atoms with Crippen molar-refractivity contribution in [2.75, 3.05) is 20.1 Å². The Morgan fingerprint density at radius 2 is 2.05 bits per heavy atom. The van der Waals surface area contributed by atoms with Gasteiger partial charge in [-0.25, -0.2) is 17.2 Å². The Labute approximate surface area is 124 Å². The van der Waals surface area contributed by atoms with Crippen molar-refractivity contribution in [1.82, 2.24) is 9.62 Å². The van der Waals surface area contributed by atoms with Gasteiger partial charge in [-0.3, -0.25) is 0 Å². The quantitative estimate of drug-likeness (QED) is 0.748. The molecule has 0 aliphatic heterocycles. The van der Waals surface area contributed by atoms with Crippen molar-refractivity contribution in [3.8, 4) is 0 Å². The van der Waals surface area contributed by atoms with Gasteiger partial charge in [0.05, 0.1) is 0 Å². The zero-order valence-corrected chi connectivity index (χ0v) is 13.0. The van der Waals surface area contributed by atoms with Crippen LogP contribution in [0, 0.1) is 11.6 Å². The van der Waals surface area contributed by atoms with Crippen molar-refractivity contribution in [1.29, 1.82) is 0 Å². The summed E-state index contributed by atoms with van der Waals surface area (Å²) in [4.78, 5) is -0.510. The molecule has 1 aromatic carbocycles. The highest BCUT2D eigenvalue weighted by molar-refractivity contribution is 7.89. The molecule has 0 aromatic heterocycles. The molecule has 0 saturated carbocycles. The van der Waals surface area contributed by atoms with E-state index in [-0.39, 0.29) is 25.2 Å². The molecule has 1 rings (SSSR count). The fraction of sp³-hybridized carbons (Fsp3) is 0.429. The lowest BCUT2D eigenvalue weighted by Gasteiger charge is -2.21. The predicted octanol–water partition coefficient (Wildman–Crippen LogP) is 2.27. The van der Waals surface area contributed by atoms with E-state index >= 15 is 0 Å². The zero-order chi connectivity index (χ0) is 16.0. The predicted molar refractivity (Wildman–Crippen MR) is 78.4 cm³/mol. The minimum atomic E-state index is -4.02. The standard InChI is InChI=1S/C14H20F2N2O2S/c1-4-8-18(9-5-2)21(19,20)13-7-6-12(15)11(10-17-3)14(13)16/h4,6-7,17H,1,5,8-10H2,2-3H3. The van der Waals surface area contributed by atoms with E-state index in [0.717, 1.165) is 16.4 Å². The summed E-state index contributed by atoms with van der Waals surface area (Å²) in [6.07, 6.45) is 2.02. The van der Waals surface area contributed by atoms with Crippen LogP contribution >= 0.6 is 0 Å². The molecule has 118 valence electrons. The van der Waals surface area contributed by atoms with E-state index in [4.69, 9.17) is 0 Å². The van der Waals surface area contributed by atoms with Crippen LogP contribution in [0.1, 0.15) is 18.9 Å². The van der Waals surface area contributed by atoms with Crippen LogP contribution in [0.4, 0.5) is 8.78 Å². The monoisotopic (exact) mass is 318 g/mol. The first-order valence-electron chi connectivity index (χ1n) is 6.62. The largest absolute Gasteiger partial charge is 0.315 e. The Kier molecular flexibility index (Phi) is 6.44. The Bertz CT molecular complexity index is 603. The van der Waals surface area contributed by atoms with Gasteiger partial charge in [0.1, 0.15) is 10.7 Å². The van der Waals surface area contributed by atoms with Crippen LogP contribution in [0.2, 0.25) is 0 Å². The van der Waals surface area contributed by atoms with Gasteiger partial charge < -0.3 is 5.32 Å². The first-order chi connectivity index (χ1) is 9.89. The molecule has 1 aromatic rings. The lowest BCUT2D eigenvalue weighted by atomic mass is 10.2. The first-order valence-corrected chi connectivity index (χ1v) is 8.06. The molecular formula is C14H20F2N2O2S. The number of nitrogens with zero attached hydrogens (tertiary/aromatic N) is 1. The molecule has 21 heavy (non-hydrogen) atoms. The molecule has 0 radical (unpaired) electrons. The molecule has 4 nitrogen and oxygen atoms in total. The Balaban J connectivity index is 3.36. The van der Waals surface area contributed by atoms with Gasteiger partial charge in [-0.1, -0.05) is 13.0 Å². The van der Waals surface area contributed by atoms with Gasteiger partial charge in [-0.2, -0.15) is 4.31 Å². The average Bonchev–Trinajstić information content (AvgIpc) is 2.43. The number of rotatable bonds is 8. The zero-order valence-electron chi connectivity index (χ0n) is 12.2. The van der Waals surface area contributed by atoms with Gasteiger partial charge >= 0.3 is 0 Å². The van der Waals surface area contributed by atoms with Crippen LogP contribution in [0.3, 0.4) is 0 Å². The number of halogens is 2. The lowest BCUT2D eigenvalue weighted by Crippen LogP contribution is -2.33. The third-order valence-electron chi connectivity index (χ3n) is 2.93. The SMILES string of the molecule is C=CCN(CCC)S(=O)(=O)c1ccc(F)c(CNC)c1F. The maximum Gasteiger partial charge on any atom is 0.246 e. The maximum atomic E-state index is 14.3. The molecule has 7 heteroatoms. The number of hydrogen-bond acceptors (Lipinski definition) is 3. The second-order valence-corrected chi connectivity index (χ2v) is 6.43. The van der Waals surface area contributed by atoms with Gasteiger partial charge in [-0.15, -0.1) is 6.58 Å². The summed E-state index contributed by atoms with van der Waals surface area (Å²) < 4.78 is 54.1. The van der Waals surface area contributed by atoms with Gasteiger partial charge in [0.15, 0.2) is 5.82 Å². The third-order valence-corrected chi connectivity index (χ3v) is 4.81. The Hall–Kier alpha value is -1.31. The molecule has 0 unspecified atom stereocenters. The molecule has 0 amide bonds. The summed E-state index contributed by atoms with van der Waals surface area (Å²) in [5.74, 6) is -1.82. The fourth-order valence-electron chi connectivity index (χ4n) is 1.96. The summed E-state index contributed by atoms with van der Waals surface area (Å²) in [5, 5.41) is 2.62. The highest BCUT2D eigenvalue weighted by Gasteiger charge is 2.28. The van der Waals surface area contributed by atoms with Gasteiger partial charge in [0.2, 0.25) is 10.0 Å². The van der Waals surface area contributed by atoms with Crippen LogP contribution in [-0.2, 0) is 16.6 Å². The molecule has 0 atom stereocenters. The lowest BCUT2D eigenvalue weighted by molar-refractivity contribution is 0.434. The highest BCUT2D eigenvalue weighted by Crippen LogP contribution is 2.24. The van der Waals surface area contributed by atoms with E-state index < -0.39 is 26.6 Å². The Morgan fingerprint density at radius 1 is 1.38 bits per heavy atom. The van der Waals surface area contributed by atoms with Crippen molar-refractivity contribution < 1.29 is 17.2 Å². The van der Waals surface area contributed by atoms with Crippen molar-refractivity contribution in [3.05, 3.63) is 42.0 Å². The second kappa shape index (κ2) is 7.63. The summed E-state index contributed by atoms with van der Waals surface area (Å²) in [5.41, 5.74) is -0.284. The maximum absolute atomic E-state index is 14.3. The molecule has 1 N–H and O–H groups in total. The third kappa shape index (κ3) is 3.87. The number of benzene rings is 1. The smallest absolute Gasteiger partial charge is 0.246 e. The molecule has 0 saturated heterocycles. The van der Waals surface area contributed by atoms with Crippen LogP contribution < -0.4 is 5.32 Å². The molecule has 0 heterocycles. The van der Waals surface area contributed by atoms with Crippen molar-refractivity contribution >= 4 is 10.0 Å². The van der Waals surface area contributed by atoms with Crippen LogP contribution in [0.5, 0.6) is 0 Å². The minimum Gasteiger partial charge on any atom is -0.315 e. The van der Waals surface area contributed by atoms with Gasteiger partial charge in [0, 0.05) is 25.2 Å².